The van der Waals surface area contributed by atoms with Crippen molar-refractivity contribution in [2.24, 2.45) is 12.8 Å². The topological polar surface area (TPSA) is 43.8 Å². The van der Waals surface area contributed by atoms with Gasteiger partial charge in [-0.1, -0.05) is 17.7 Å². The van der Waals surface area contributed by atoms with Gasteiger partial charge in [0, 0.05) is 7.05 Å². The first-order valence-corrected chi connectivity index (χ1v) is 4.08. The maximum atomic E-state index is 5.88. The van der Waals surface area contributed by atoms with Gasteiger partial charge < -0.3 is 5.73 Å². The largest absolute Gasteiger partial charge is 0.322 e. The predicted molar refractivity (Wildman–Crippen MR) is 50.0 cm³/mol. The number of aryl methyl sites for hydroxylation is 1. The number of nitrogens with zero attached hydrogens (tertiary/aromatic N) is 2. The number of rotatable bonds is 3. The van der Waals surface area contributed by atoms with Gasteiger partial charge in [-0.3, -0.25) is 4.68 Å². The smallest absolute Gasteiger partial charge is 0.0834 e. The van der Waals surface area contributed by atoms with Crippen LogP contribution >= 0.6 is 11.6 Å². The average molecular weight is 186 g/mol. The van der Waals surface area contributed by atoms with Crippen molar-refractivity contribution >= 4 is 11.6 Å². The zero-order chi connectivity index (χ0) is 9.14. The first-order chi connectivity index (χ1) is 5.66. The molecule has 1 heterocycles. The van der Waals surface area contributed by atoms with Crippen molar-refractivity contribution in [1.29, 1.82) is 0 Å². The van der Waals surface area contributed by atoms with E-state index in [1.165, 1.54) is 0 Å². The van der Waals surface area contributed by atoms with Crippen LogP contribution in [0, 0.1) is 0 Å². The fourth-order valence-electron chi connectivity index (χ4n) is 1.13. The Balaban J connectivity index is 2.92. The maximum Gasteiger partial charge on any atom is 0.0834 e. The number of hydrogen-bond acceptors (Lipinski definition) is 2. The van der Waals surface area contributed by atoms with Crippen LogP contribution in [-0.4, -0.2) is 9.78 Å². The molecule has 0 aliphatic heterocycles. The molecule has 1 aromatic rings. The van der Waals surface area contributed by atoms with Gasteiger partial charge in [0.05, 0.1) is 23.0 Å². The third kappa shape index (κ3) is 1.68. The summed E-state index contributed by atoms with van der Waals surface area (Å²) >= 11 is 5.88. The minimum atomic E-state index is -0.109. The highest BCUT2D eigenvalue weighted by molar-refractivity contribution is 6.31. The van der Waals surface area contributed by atoms with Crippen molar-refractivity contribution < 1.29 is 0 Å². The summed E-state index contributed by atoms with van der Waals surface area (Å²) in [4.78, 5) is 0. The van der Waals surface area contributed by atoms with Crippen LogP contribution in [0.25, 0.3) is 0 Å². The molecule has 0 saturated heterocycles. The molecule has 66 valence electrons. The molecule has 0 fully saturated rings. The van der Waals surface area contributed by atoms with Crippen molar-refractivity contribution in [2.75, 3.05) is 0 Å². The zero-order valence-electron chi connectivity index (χ0n) is 7.00. The molecule has 1 aromatic heterocycles. The zero-order valence-corrected chi connectivity index (χ0v) is 7.75. The van der Waals surface area contributed by atoms with Crippen LogP contribution in [0.1, 0.15) is 18.2 Å². The Kier molecular flexibility index (Phi) is 2.89. The van der Waals surface area contributed by atoms with Crippen molar-refractivity contribution in [1.82, 2.24) is 9.78 Å². The van der Waals surface area contributed by atoms with Gasteiger partial charge in [0.1, 0.15) is 0 Å². The van der Waals surface area contributed by atoms with E-state index < -0.39 is 0 Å². The van der Waals surface area contributed by atoms with Gasteiger partial charge in [0.2, 0.25) is 0 Å². The molecule has 12 heavy (non-hydrogen) atoms. The summed E-state index contributed by atoms with van der Waals surface area (Å²) in [7, 11) is 1.82. The molecule has 1 atom stereocenters. The maximum absolute atomic E-state index is 5.88. The molecule has 0 bridgehead atoms. The van der Waals surface area contributed by atoms with Gasteiger partial charge in [-0.15, -0.1) is 6.58 Å². The summed E-state index contributed by atoms with van der Waals surface area (Å²) in [5.41, 5.74) is 6.69. The fraction of sp³-hybridized carbons (Fsp3) is 0.375. The lowest BCUT2D eigenvalue weighted by Crippen LogP contribution is -2.14. The molecule has 0 saturated carbocycles. The van der Waals surface area contributed by atoms with Crippen molar-refractivity contribution in [3.8, 4) is 0 Å². The highest BCUT2D eigenvalue weighted by Gasteiger charge is 2.12. The van der Waals surface area contributed by atoms with E-state index in [2.05, 4.69) is 11.7 Å². The van der Waals surface area contributed by atoms with Crippen molar-refractivity contribution in [3.05, 3.63) is 29.6 Å². The molecule has 0 aliphatic carbocycles. The van der Waals surface area contributed by atoms with Crippen molar-refractivity contribution in [2.45, 2.75) is 12.5 Å². The second kappa shape index (κ2) is 3.74. The van der Waals surface area contributed by atoms with Gasteiger partial charge in [-0.25, -0.2) is 0 Å². The second-order valence-corrected chi connectivity index (χ2v) is 3.04. The highest BCUT2D eigenvalue weighted by atomic mass is 35.5. The third-order valence-electron chi connectivity index (χ3n) is 1.71. The summed E-state index contributed by atoms with van der Waals surface area (Å²) in [6.07, 6.45) is 4.08. The summed E-state index contributed by atoms with van der Waals surface area (Å²) in [5.74, 6) is 0. The highest BCUT2D eigenvalue weighted by Crippen LogP contribution is 2.22. The van der Waals surface area contributed by atoms with Gasteiger partial charge >= 0.3 is 0 Å². The predicted octanol–water partition coefficient (Wildman–Crippen LogP) is 1.65. The molecule has 3 nitrogen and oxygen atoms in total. The minimum Gasteiger partial charge on any atom is -0.322 e. The lowest BCUT2D eigenvalue weighted by molar-refractivity contribution is 0.625. The minimum absolute atomic E-state index is 0.109. The summed E-state index contributed by atoms with van der Waals surface area (Å²) in [5, 5.41) is 4.61. The van der Waals surface area contributed by atoms with E-state index in [0.29, 0.717) is 11.4 Å². The average Bonchev–Trinajstić information content (AvgIpc) is 2.32. The first-order valence-electron chi connectivity index (χ1n) is 3.70. The molecule has 1 rings (SSSR count). The molecule has 1 unspecified atom stereocenters. The van der Waals surface area contributed by atoms with Gasteiger partial charge in [-0.05, 0) is 6.42 Å². The van der Waals surface area contributed by atoms with E-state index in [4.69, 9.17) is 17.3 Å². The molecule has 0 amide bonds. The summed E-state index contributed by atoms with van der Waals surface area (Å²) in [6, 6.07) is -0.109. The van der Waals surface area contributed by atoms with Crippen LogP contribution in [0.5, 0.6) is 0 Å². The summed E-state index contributed by atoms with van der Waals surface area (Å²) in [6.45, 7) is 3.62. The van der Waals surface area contributed by atoms with E-state index in [1.54, 1.807) is 17.0 Å². The first kappa shape index (κ1) is 9.29. The molecule has 4 heteroatoms. The van der Waals surface area contributed by atoms with E-state index >= 15 is 0 Å². The molecule has 0 aliphatic rings. The lowest BCUT2D eigenvalue weighted by atomic mass is 10.1. The van der Waals surface area contributed by atoms with Crippen LogP contribution in [0.3, 0.4) is 0 Å². The Morgan fingerprint density at radius 2 is 2.58 bits per heavy atom. The number of nitrogens with two attached hydrogens (primary N) is 1. The quantitative estimate of drug-likeness (QED) is 0.728. The molecule has 0 aromatic carbocycles. The molecule has 2 N–H and O–H groups in total. The molecular formula is C8H12ClN3. The fourth-order valence-corrected chi connectivity index (χ4v) is 1.43. The molecule has 0 spiro atoms. The Labute approximate surface area is 76.8 Å². The van der Waals surface area contributed by atoms with Crippen LogP contribution < -0.4 is 5.73 Å². The van der Waals surface area contributed by atoms with Gasteiger partial charge in [0.25, 0.3) is 0 Å². The van der Waals surface area contributed by atoms with Gasteiger partial charge in [0.15, 0.2) is 0 Å². The number of aromatic nitrogens is 2. The van der Waals surface area contributed by atoms with E-state index in [-0.39, 0.29) is 6.04 Å². The third-order valence-corrected chi connectivity index (χ3v) is 2.00. The normalized spacial score (nSPS) is 12.9. The molecule has 0 radical (unpaired) electrons. The Morgan fingerprint density at radius 1 is 1.92 bits per heavy atom. The van der Waals surface area contributed by atoms with Crippen LogP contribution in [0.15, 0.2) is 18.9 Å². The Bertz CT molecular complexity index is 260. The van der Waals surface area contributed by atoms with Gasteiger partial charge in [-0.2, -0.15) is 5.10 Å². The SMILES string of the molecule is C=CCC(N)c1c(Cl)cnn1C. The number of hydrogen-bond donors (Lipinski definition) is 1. The van der Waals surface area contributed by atoms with E-state index in [9.17, 15) is 0 Å². The Hall–Kier alpha value is -0.800. The van der Waals surface area contributed by atoms with E-state index in [1.807, 2.05) is 7.05 Å². The number of halogens is 1. The monoisotopic (exact) mass is 185 g/mol. The summed E-state index contributed by atoms with van der Waals surface area (Å²) < 4.78 is 1.69. The van der Waals surface area contributed by atoms with Crippen LogP contribution in [-0.2, 0) is 7.05 Å². The van der Waals surface area contributed by atoms with E-state index in [0.717, 1.165) is 5.69 Å². The van der Waals surface area contributed by atoms with Crippen LogP contribution in [0.2, 0.25) is 5.02 Å². The molecular weight excluding hydrogens is 174 g/mol. The van der Waals surface area contributed by atoms with Crippen molar-refractivity contribution in [3.63, 3.8) is 0 Å². The van der Waals surface area contributed by atoms with Crippen LogP contribution in [0.4, 0.5) is 0 Å². The lowest BCUT2D eigenvalue weighted by Gasteiger charge is -2.09. The Morgan fingerprint density at radius 3 is 3.00 bits per heavy atom. The standard InChI is InChI=1S/C8H12ClN3/c1-3-4-7(10)8-6(9)5-11-12(8)2/h3,5,7H,1,4,10H2,2H3. The second-order valence-electron chi connectivity index (χ2n) is 2.63.